The Labute approximate surface area is 89.0 Å². The normalized spacial score (nSPS) is 10.2. The number of benzene rings is 1. The van der Waals surface area contributed by atoms with E-state index in [0.29, 0.717) is 11.1 Å². The van der Waals surface area contributed by atoms with Crippen molar-refractivity contribution in [3.05, 3.63) is 32.4 Å². The molecule has 1 aromatic carbocycles. The monoisotopic (exact) mass is 209 g/mol. The summed E-state index contributed by atoms with van der Waals surface area (Å²) in [7, 11) is 1.58. The first kappa shape index (κ1) is 11.5. The van der Waals surface area contributed by atoms with Crippen LogP contribution in [0.2, 0.25) is 0 Å². The van der Waals surface area contributed by atoms with Crippen LogP contribution in [0.25, 0.3) is 0 Å². The van der Waals surface area contributed by atoms with Gasteiger partial charge in [0.05, 0.1) is 12.0 Å². The molecule has 0 aliphatic heterocycles. The fraction of sp³-hybridized carbons (Fsp3) is 0.455. The van der Waals surface area contributed by atoms with Gasteiger partial charge in [-0.25, -0.2) is 0 Å². The Morgan fingerprint density at radius 2 is 1.40 bits per heavy atom. The molecule has 0 atom stereocenters. The summed E-state index contributed by atoms with van der Waals surface area (Å²) in [5.41, 5.74) is 3.24. The molecule has 0 aromatic heterocycles. The highest BCUT2D eigenvalue weighted by Gasteiger charge is 2.22. The topological polar surface area (TPSA) is 52.4 Å². The lowest BCUT2D eigenvalue weighted by Gasteiger charge is -2.14. The number of nitro groups is 1. The van der Waals surface area contributed by atoms with Crippen molar-refractivity contribution in [2.24, 2.45) is 0 Å². The number of hydrogen-bond donors (Lipinski definition) is 0. The lowest BCUT2D eigenvalue weighted by Crippen LogP contribution is -2.03. The number of hydrogen-bond acceptors (Lipinski definition) is 3. The summed E-state index contributed by atoms with van der Waals surface area (Å²) in [5, 5.41) is 10.9. The number of ether oxygens (including phenoxy) is 1. The van der Waals surface area contributed by atoms with Crippen molar-refractivity contribution in [1.82, 2.24) is 0 Å². The molecule has 0 spiro atoms. The van der Waals surface area contributed by atoms with Crippen LogP contribution < -0.4 is 4.74 Å². The molecule has 4 heteroatoms. The smallest absolute Gasteiger partial charge is 0.275 e. The molecule has 4 nitrogen and oxygen atoms in total. The van der Waals surface area contributed by atoms with Gasteiger partial charge in [-0.05, 0) is 27.7 Å². The number of nitro benzene ring substituents is 1. The van der Waals surface area contributed by atoms with Crippen LogP contribution in [0, 0.1) is 37.8 Å². The molecular formula is C11H15NO3. The Hall–Kier alpha value is -1.58. The maximum absolute atomic E-state index is 10.9. The molecule has 1 rings (SSSR count). The SMILES string of the molecule is COc1c(C)c(C)c([N+](=O)[O-])c(C)c1C. The summed E-state index contributed by atoms with van der Waals surface area (Å²) >= 11 is 0. The Balaban J connectivity index is 3.66. The summed E-state index contributed by atoms with van der Waals surface area (Å²) < 4.78 is 5.25. The second kappa shape index (κ2) is 3.88. The quantitative estimate of drug-likeness (QED) is 0.556. The van der Waals surface area contributed by atoms with Gasteiger partial charge in [0.15, 0.2) is 0 Å². The van der Waals surface area contributed by atoms with E-state index in [4.69, 9.17) is 4.74 Å². The van der Waals surface area contributed by atoms with E-state index in [1.807, 2.05) is 13.8 Å². The van der Waals surface area contributed by atoms with Crippen LogP contribution in [-0.4, -0.2) is 12.0 Å². The second-order valence-electron chi connectivity index (χ2n) is 3.64. The first-order valence-electron chi connectivity index (χ1n) is 4.70. The fourth-order valence-electron chi connectivity index (χ4n) is 1.84. The molecule has 0 bridgehead atoms. The fourth-order valence-corrected chi connectivity index (χ4v) is 1.84. The Kier molecular flexibility index (Phi) is 2.98. The van der Waals surface area contributed by atoms with Crippen LogP contribution in [0.3, 0.4) is 0 Å². The average Bonchev–Trinajstić information content (AvgIpc) is 2.16. The summed E-state index contributed by atoms with van der Waals surface area (Å²) in [6, 6.07) is 0. The zero-order valence-corrected chi connectivity index (χ0v) is 9.67. The van der Waals surface area contributed by atoms with Gasteiger partial charge in [0.25, 0.3) is 5.69 Å². The van der Waals surface area contributed by atoms with Crippen molar-refractivity contribution in [3.63, 3.8) is 0 Å². The Bertz CT molecular complexity index is 395. The van der Waals surface area contributed by atoms with Crippen molar-refractivity contribution in [2.45, 2.75) is 27.7 Å². The molecule has 0 saturated carbocycles. The largest absolute Gasteiger partial charge is 0.496 e. The van der Waals surface area contributed by atoms with E-state index in [9.17, 15) is 10.1 Å². The van der Waals surface area contributed by atoms with Gasteiger partial charge >= 0.3 is 0 Å². The van der Waals surface area contributed by atoms with Crippen LogP contribution in [0.4, 0.5) is 5.69 Å². The zero-order chi connectivity index (χ0) is 11.7. The standard InChI is InChI=1S/C11H15NO3/c1-6-8(3)11(15-5)9(4)7(2)10(6)12(13)14/h1-5H3. The lowest BCUT2D eigenvalue weighted by molar-refractivity contribution is -0.386. The number of nitrogens with zero attached hydrogens (tertiary/aromatic N) is 1. The molecule has 0 fully saturated rings. The van der Waals surface area contributed by atoms with Gasteiger partial charge in [-0.2, -0.15) is 0 Å². The van der Waals surface area contributed by atoms with Crippen molar-refractivity contribution in [1.29, 1.82) is 0 Å². The molecule has 0 aliphatic rings. The predicted molar refractivity (Wildman–Crippen MR) is 58.6 cm³/mol. The van der Waals surface area contributed by atoms with E-state index < -0.39 is 0 Å². The minimum atomic E-state index is -0.329. The van der Waals surface area contributed by atoms with E-state index in [0.717, 1.165) is 16.9 Å². The summed E-state index contributed by atoms with van der Waals surface area (Å²) in [4.78, 5) is 10.6. The summed E-state index contributed by atoms with van der Waals surface area (Å²) in [6.45, 7) is 7.19. The molecule has 0 amide bonds. The average molecular weight is 209 g/mol. The van der Waals surface area contributed by atoms with E-state index in [2.05, 4.69) is 0 Å². The number of rotatable bonds is 2. The van der Waals surface area contributed by atoms with Gasteiger partial charge in [0.2, 0.25) is 0 Å². The molecule has 15 heavy (non-hydrogen) atoms. The van der Waals surface area contributed by atoms with Gasteiger partial charge in [-0.15, -0.1) is 0 Å². The lowest BCUT2D eigenvalue weighted by atomic mass is 9.97. The van der Waals surface area contributed by atoms with Crippen LogP contribution in [0.1, 0.15) is 22.3 Å². The van der Waals surface area contributed by atoms with Gasteiger partial charge in [0, 0.05) is 22.3 Å². The van der Waals surface area contributed by atoms with Crippen molar-refractivity contribution >= 4 is 5.69 Å². The highest BCUT2D eigenvalue weighted by Crippen LogP contribution is 2.36. The predicted octanol–water partition coefficient (Wildman–Crippen LogP) is 2.84. The molecule has 0 radical (unpaired) electrons. The third-order valence-electron chi connectivity index (χ3n) is 2.90. The molecule has 0 N–H and O–H groups in total. The van der Waals surface area contributed by atoms with Gasteiger partial charge in [-0.1, -0.05) is 0 Å². The van der Waals surface area contributed by atoms with E-state index in [1.54, 1.807) is 21.0 Å². The van der Waals surface area contributed by atoms with Crippen LogP contribution in [0.15, 0.2) is 0 Å². The molecule has 0 aliphatic carbocycles. The minimum absolute atomic E-state index is 0.200. The first-order valence-corrected chi connectivity index (χ1v) is 4.70. The highest BCUT2D eigenvalue weighted by atomic mass is 16.6. The summed E-state index contributed by atoms with van der Waals surface area (Å²) in [6.07, 6.45) is 0. The molecule has 82 valence electrons. The third-order valence-corrected chi connectivity index (χ3v) is 2.90. The number of methoxy groups -OCH3 is 1. The minimum Gasteiger partial charge on any atom is -0.496 e. The van der Waals surface area contributed by atoms with E-state index in [-0.39, 0.29) is 10.6 Å². The maximum atomic E-state index is 10.9. The molecule has 0 heterocycles. The van der Waals surface area contributed by atoms with Gasteiger partial charge < -0.3 is 4.74 Å². The first-order chi connectivity index (χ1) is 6.91. The van der Waals surface area contributed by atoms with E-state index >= 15 is 0 Å². The molecular weight excluding hydrogens is 194 g/mol. The second-order valence-corrected chi connectivity index (χ2v) is 3.64. The molecule has 0 unspecified atom stereocenters. The molecule has 1 aromatic rings. The van der Waals surface area contributed by atoms with Crippen molar-refractivity contribution in [2.75, 3.05) is 7.11 Å². The van der Waals surface area contributed by atoms with Gasteiger partial charge in [-0.3, -0.25) is 10.1 Å². The highest BCUT2D eigenvalue weighted by molar-refractivity contribution is 5.60. The Morgan fingerprint density at radius 3 is 1.67 bits per heavy atom. The maximum Gasteiger partial charge on any atom is 0.275 e. The van der Waals surface area contributed by atoms with E-state index in [1.165, 1.54) is 0 Å². The van der Waals surface area contributed by atoms with Crippen LogP contribution in [-0.2, 0) is 0 Å². The van der Waals surface area contributed by atoms with Crippen molar-refractivity contribution < 1.29 is 9.66 Å². The third kappa shape index (κ3) is 1.67. The van der Waals surface area contributed by atoms with Crippen molar-refractivity contribution in [3.8, 4) is 5.75 Å². The zero-order valence-electron chi connectivity index (χ0n) is 9.67. The molecule has 0 saturated heterocycles. The van der Waals surface area contributed by atoms with Gasteiger partial charge in [0.1, 0.15) is 5.75 Å². The van der Waals surface area contributed by atoms with Crippen LogP contribution >= 0.6 is 0 Å². The Morgan fingerprint density at radius 1 is 1.00 bits per heavy atom. The summed E-state index contributed by atoms with van der Waals surface area (Å²) in [5.74, 6) is 0.746. The van der Waals surface area contributed by atoms with Crippen LogP contribution in [0.5, 0.6) is 5.75 Å².